The van der Waals surface area contributed by atoms with Gasteiger partial charge in [0.2, 0.25) is 0 Å². The molecule has 3 unspecified atom stereocenters. The Balaban J connectivity index is 1.69. The van der Waals surface area contributed by atoms with Crippen molar-refractivity contribution in [3.63, 3.8) is 0 Å². The molecule has 4 rings (SSSR count). The predicted octanol–water partition coefficient (Wildman–Crippen LogP) is 0.544. The van der Waals surface area contributed by atoms with E-state index < -0.39 is 12.0 Å². The number of hydrogen-bond acceptors (Lipinski definition) is 5. The Morgan fingerprint density at radius 1 is 1.20 bits per heavy atom. The summed E-state index contributed by atoms with van der Waals surface area (Å²) in [4.78, 5) is 27.8. The molecule has 0 aliphatic carbocycles. The molecule has 0 saturated carbocycles. The zero-order chi connectivity index (χ0) is 17.4. The standard InChI is InChI=1S/C17H19N5O3/c23-16(12-3-1-2-4-14(12)22-19-7-8-20-22)21-10-13-11(5-6-18-13)9-15(21)17(24)25/h1-4,7-8,11,13,15,18H,5-6,9-10H2,(H,24,25). The number of nitrogens with zero attached hydrogens (tertiary/aromatic N) is 4. The molecule has 2 fully saturated rings. The molecule has 8 heteroatoms. The number of benzene rings is 1. The predicted molar refractivity (Wildman–Crippen MR) is 88.3 cm³/mol. The van der Waals surface area contributed by atoms with E-state index in [9.17, 15) is 14.7 Å². The third-order valence-corrected chi connectivity index (χ3v) is 5.10. The van der Waals surface area contributed by atoms with Crippen LogP contribution in [0.25, 0.3) is 5.69 Å². The molecule has 0 bridgehead atoms. The van der Waals surface area contributed by atoms with Gasteiger partial charge in [-0.05, 0) is 37.4 Å². The first-order chi connectivity index (χ1) is 12.1. The quantitative estimate of drug-likeness (QED) is 0.845. The maximum absolute atomic E-state index is 13.2. The number of likely N-dealkylation sites (tertiary alicyclic amines) is 1. The van der Waals surface area contributed by atoms with Crippen molar-refractivity contribution in [3.05, 3.63) is 42.2 Å². The largest absolute Gasteiger partial charge is 0.480 e. The molecule has 2 N–H and O–H groups in total. The lowest BCUT2D eigenvalue weighted by molar-refractivity contribution is -0.144. The normalized spacial score (nSPS) is 25.6. The molecule has 0 radical (unpaired) electrons. The molecular formula is C17H19N5O3. The van der Waals surface area contributed by atoms with Gasteiger partial charge < -0.3 is 15.3 Å². The third kappa shape index (κ3) is 2.78. The molecule has 2 aromatic rings. The second kappa shape index (κ2) is 6.29. The number of hydrogen-bond donors (Lipinski definition) is 2. The van der Waals surface area contributed by atoms with E-state index in [0.717, 1.165) is 13.0 Å². The van der Waals surface area contributed by atoms with E-state index in [4.69, 9.17) is 0 Å². The van der Waals surface area contributed by atoms with Crippen LogP contribution >= 0.6 is 0 Å². The van der Waals surface area contributed by atoms with E-state index in [0.29, 0.717) is 30.1 Å². The molecular weight excluding hydrogens is 322 g/mol. The first-order valence-electron chi connectivity index (χ1n) is 8.38. The van der Waals surface area contributed by atoms with Crippen LogP contribution in [0.15, 0.2) is 36.7 Å². The number of rotatable bonds is 3. The van der Waals surface area contributed by atoms with E-state index in [-0.39, 0.29) is 11.9 Å². The number of para-hydroxylation sites is 1. The molecule has 8 nitrogen and oxygen atoms in total. The summed E-state index contributed by atoms with van der Waals surface area (Å²) in [5, 5.41) is 21.2. The summed E-state index contributed by atoms with van der Waals surface area (Å²) in [5.74, 6) is -0.936. The number of carbonyl (C=O) groups is 2. The highest BCUT2D eigenvalue weighted by Crippen LogP contribution is 2.31. The fourth-order valence-corrected chi connectivity index (χ4v) is 3.85. The third-order valence-electron chi connectivity index (χ3n) is 5.10. The van der Waals surface area contributed by atoms with Crippen LogP contribution in [0, 0.1) is 5.92 Å². The number of carbonyl (C=O) groups excluding carboxylic acids is 1. The SMILES string of the molecule is O=C(O)C1CC2CCNC2CN1C(=O)c1ccccc1-n1nccn1. The summed E-state index contributed by atoms with van der Waals surface area (Å²) in [6.07, 6.45) is 4.52. The van der Waals surface area contributed by atoms with Gasteiger partial charge in [-0.1, -0.05) is 12.1 Å². The van der Waals surface area contributed by atoms with Crippen molar-refractivity contribution >= 4 is 11.9 Å². The minimum Gasteiger partial charge on any atom is -0.480 e. The second-order valence-electron chi connectivity index (χ2n) is 6.49. The van der Waals surface area contributed by atoms with Gasteiger partial charge in [0.05, 0.1) is 23.6 Å². The highest BCUT2D eigenvalue weighted by molar-refractivity contribution is 5.99. The summed E-state index contributed by atoms with van der Waals surface area (Å²) in [6, 6.07) is 6.37. The highest BCUT2D eigenvalue weighted by Gasteiger charge is 2.43. The van der Waals surface area contributed by atoms with Crippen LogP contribution in [0.3, 0.4) is 0 Å². The van der Waals surface area contributed by atoms with E-state index in [2.05, 4.69) is 15.5 Å². The lowest BCUT2D eigenvalue weighted by Gasteiger charge is -2.39. The van der Waals surface area contributed by atoms with Gasteiger partial charge in [-0.25, -0.2) is 4.79 Å². The van der Waals surface area contributed by atoms with Gasteiger partial charge in [0.1, 0.15) is 6.04 Å². The fraction of sp³-hybridized carbons (Fsp3) is 0.412. The Kier molecular flexibility index (Phi) is 3.96. The van der Waals surface area contributed by atoms with Crippen LogP contribution in [0.5, 0.6) is 0 Å². The number of carboxylic acid groups (broad SMARTS) is 1. The zero-order valence-corrected chi connectivity index (χ0v) is 13.6. The maximum Gasteiger partial charge on any atom is 0.326 e. The fourth-order valence-electron chi connectivity index (χ4n) is 3.85. The Morgan fingerprint density at radius 2 is 1.96 bits per heavy atom. The van der Waals surface area contributed by atoms with Gasteiger partial charge >= 0.3 is 5.97 Å². The van der Waals surface area contributed by atoms with Crippen LogP contribution in [-0.2, 0) is 4.79 Å². The van der Waals surface area contributed by atoms with Crippen molar-refractivity contribution < 1.29 is 14.7 Å². The molecule has 3 heterocycles. The van der Waals surface area contributed by atoms with Gasteiger partial charge in [0.25, 0.3) is 5.91 Å². The maximum atomic E-state index is 13.2. The highest BCUT2D eigenvalue weighted by atomic mass is 16.4. The first kappa shape index (κ1) is 15.8. The lowest BCUT2D eigenvalue weighted by atomic mass is 9.87. The van der Waals surface area contributed by atoms with Gasteiger partial charge in [0, 0.05) is 12.6 Å². The van der Waals surface area contributed by atoms with Crippen molar-refractivity contribution in [1.82, 2.24) is 25.2 Å². The van der Waals surface area contributed by atoms with E-state index in [1.54, 1.807) is 24.3 Å². The Labute approximate surface area is 144 Å². The number of aliphatic carboxylic acids is 1. The zero-order valence-electron chi connectivity index (χ0n) is 13.6. The number of fused-ring (bicyclic) bond motifs is 1. The van der Waals surface area contributed by atoms with Crippen molar-refractivity contribution in [3.8, 4) is 5.69 Å². The lowest BCUT2D eigenvalue weighted by Crippen LogP contribution is -2.56. The van der Waals surface area contributed by atoms with E-state index in [1.165, 1.54) is 22.1 Å². The van der Waals surface area contributed by atoms with Crippen molar-refractivity contribution in [1.29, 1.82) is 0 Å². The molecule has 0 spiro atoms. The monoisotopic (exact) mass is 341 g/mol. The average molecular weight is 341 g/mol. The summed E-state index contributed by atoms with van der Waals surface area (Å²) in [7, 11) is 0. The van der Waals surface area contributed by atoms with E-state index in [1.807, 2.05) is 0 Å². The second-order valence-corrected chi connectivity index (χ2v) is 6.49. The van der Waals surface area contributed by atoms with Crippen molar-refractivity contribution in [2.75, 3.05) is 13.1 Å². The minimum atomic E-state index is -0.951. The summed E-state index contributed by atoms with van der Waals surface area (Å²) >= 11 is 0. The Hall–Kier alpha value is -2.74. The number of nitrogens with one attached hydrogen (secondary N) is 1. The molecule has 2 saturated heterocycles. The summed E-state index contributed by atoms with van der Waals surface area (Å²) in [5.41, 5.74) is 0.949. The molecule has 1 aromatic heterocycles. The Morgan fingerprint density at radius 3 is 2.72 bits per heavy atom. The summed E-state index contributed by atoms with van der Waals surface area (Å²) < 4.78 is 0. The molecule has 2 aliphatic rings. The number of piperidine rings is 1. The number of aromatic nitrogens is 3. The Bertz CT molecular complexity index is 791. The molecule has 1 aromatic carbocycles. The van der Waals surface area contributed by atoms with Crippen LogP contribution in [0.1, 0.15) is 23.2 Å². The smallest absolute Gasteiger partial charge is 0.326 e. The van der Waals surface area contributed by atoms with Crippen LogP contribution in [0.2, 0.25) is 0 Å². The minimum absolute atomic E-state index is 0.162. The van der Waals surface area contributed by atoms with Gasteiger partial charge in [-0.3, -0.25) is 4.79 Å². The van der Waals surface area contributed by atoms with Crippen LogP contribution in [-0.4, -0.2) is 62.0 Å². The number of carboxylic acids is 1. The van der Waals surface area contributed by atoms with Crippen LogP contribution in [0.4, 0.5) is 0 Å². The topological polar surface area (TPSA) is 100 Å². The molecule has 1 amide bonds. The van der Waals surface area contributed by atoms with Crippen molar-refractivity contribution in [2.24, 2.45) is 5.92 Å². The summed E-state index contributed by atoms with van der Waals surface area (Å²) in [6.45, 7) is 1.28. The molecule has 2 aliphatic heterocycles. The van der Waals surface area contributed by atoms with Gasteiger partial charge in [-0.2, -0.15) is 15.0 Å². The molecule has 130 valence electrons. The van der Waals surface area contributed by atoms with Crippen molar-refractivity contribution in [2.45, 2.75) is 24.9 Å². The average Bonchev–Trinajstić information content (AvgIpc) is 3.31. The van der Waals surface area contributed by atoms with Gasteiger partial charge in [0.15, 0.2) is 0 Å². The molecule has 3 atom stereocenters. The van der Waals surface area contributed by atoms with Crippen LogP contribution < -0.4 is 5.32 Å². The van der Waals surface area contributed by atoms with Gasteiger partial charge in [-0.15, -0.1) is 0 Å². The number of amides is 1. The molecule has 25 heavy (non-hydrogen) atoms. The van der Waals surface area contributed by atoms with E-state index >= 15 is 0 Å². The first-order valence-corrected chi connectivity index (χ1v) is 8.38.